The van der Waals surface area contributed by atoms with Crippen LogP contribution in [0.25, 0.3) is 0 Å². The van der Waals surface area contributed by atoms with E-state index in [-0.39, 0.29) is 17.7 Å². The lowest BCUT2D eigenvalue weighted by Crippen LogP contribution is -2.10. The highest BCUT2D eigenvalue weighted by Gasteiger charge is 2.26. The zero-order chi connectivity index (χ0) is 9.84. The smallest absolute Gasteiger partial charge is 0.309 e. The molecule has 1 heterocycles. The van der Waals surface area contributed by atoms with E-state index in [1.807, 2.05) is 0 Å². The van der Waals surface area contributed by atoms with Crippen LogP contribution in [0.5, 0.6) is 0 Å². The van der Waals surface area contributed by atoms with Gasteiger partial charge in [0.1, 0.15) is 0 Å². The first-order chi connectivity index (χ1) is 6.11. The molecule has 1 atom stereocenters. The molecule has 72 valence electrons. The van der Waals surface area contributed by atoms with Crippen molar-refractivity contribution >= 4 is 11.8 Å². The van der Waals surface area contributed by atoms with Gasteiger partial charge in [0.25, 0.3) is 0 Å². The molecule has 1 aliphatic heterocycles. The van der Waals surface area contributed by atoms with Crippen molar-refractivity contribution in [3.05, 3.63) is 12.2 Å². The number of Topliss-reactive ketones (excluding diaryl/α,β-unsaturated/α-hetero) is 1. The minimum absolute atomic E-state index is 0.0414. The van der Waals surface area contributed by atoms with Gasteiger partial charge in [-0.15, -0.1) is 0 Å². The van der Waals surface area contributed by atoms with Crippen LogP contribution in [0, 0.1) is 5.92 Å². The predicted molar refractivity (Wildman–Crippen MR) is 48.1 cm³/mol. The van der Waals surface area contributed by atoms with Crippen LogP contribution in [-0.4, -0.2) is 18.4 Å². The quantitative estimate of drug-likeness (QED) is 0.488. The Morgan fingerprint density at radius 2 is 2.38 bits per heavy atom. The lowest BCUT2D eigenvalue weighted by atomic mass is 9.99. The second-order valence-corrected chi connectivity index (χ2v) is 3.40. The second-order valence-electron chi connectivity index (χ2n) is 3.40. The van der Waals surface area contributed by atoms with Crippen molar-refractivity contribution in [2.75, 3.05) is 6.61 Å². The summed E-state index contributed by atoms with van der Waals surface area (Å²) >= 11 is 0. The molecular weight excluding hydrogens is 168 g/mol. The molecule has 0 aliphatic carbocycles. The van der Waals surface area contributed by atoms with Crippen molar-refractivity contribution in [3.8, 4) is 0 Å². The average Bonchev–Trinajstić information content (AvgIpc) is 2.47. The van der Waals surface area contributed by atoms with Crippen LogP contribution in [0.1, 0.15) is 26.2 Å². The molecule has 1 aliphatic rings. The Morgan fingerprint density at radius 1 is 1.69 bits per heavy atom. The van der Waals surface area contributed by atoms with E-state index in [9.17, 15) is 9.59 Å². The fourth-order valence-corrected chi connectivity index (χ4v) is 1.32. The van der Waals surface area contributed by atoms with Crippen LogP contribution in [0.2, 0.25) is 0 Å². The summed E-state index contributed by atoms with van der Waals surface area (Å²) in [4.78, 5) is 22.2. The normalized spacial score (nSPS) is 21.3. The lowest BCUT2D eigenvalue weighted by Gasteiger charge is -2.03. The number of esters is 1. The van der Waals surface area contributed by atoms with Gasteiger partial charge in [-0.2, -0.15) is 0 Å². The van der Waals surface area contributed by atoms with E-state index in [0.717, 1.165) is 6.42 Å². The van der Waals surface area contributed by atoms with Gasteiger partial charge in [-0.1, -0.05) is 6.58 Å². The summed E-state index contributed by atoms with van der Waals surface area (Å²) in [6, 6.07) is 0. The highest BCUT2D eigenvalue weighted by Crippen LogP contribution is 2.20. The first-order valence-electron chi connectivity index (χ1n) is 4.46. The average molecular weight is 182 g/mol. The molecule has 1 unspecified atom stereocenters. The number of hydrogen-bond donors (Lipinski definition) is 0. The van der Waals surface area contributed by atoms with E-state index in [1.54, 1.807) is 6.92 Å². The van der Waals surface area contributed by atoms with Crippen molar-refractivity contribution in [1.29, 1.82) is 0 Å². The van der Waals surface area contributed by atoms with E-state index in [4.69, 9.17) is 4.74 Å². The molecule has 0 spiro atoms. The number of cyclic esters (lactones) is 1. The van der Waals surface area contributed by atoms with Crippen LogP contribution < -0.4 is 0 Å². The Kier molecular flexibility index (Phi) is 3.23. The zero-order valence-electron chi connectivity index (χ0n) is 7.84. The Bertz CT molecular complexity index is 243. The maximum absolute atomic E-state index is 11.2. The van der Waals surface area contributed by atoms with E-state index >= 15 is 0 Å². The number of ketones is 1. The third-order valence-electron chi connectivity index (χ3n) is 2.24. The van der Waals surface area contributed by atoms with E-state index in [0.29, 0.717) is 25.0 Å². The summed E-state index contributed by atoms with van der Waals surface area (Å²) in [5.41, 5.74) is 0.561. The molecule has 0 saturated carbocycles. The molecule has 0 N–H and O–H groups in total. The van der Waals surface area contributed by atoms with Gasteiger partial charge in [0.15, 0.2) is 5.78 Å². The maximum Gasteiger partial charge on any atom is 0.309 e. The highest BCUT2D eigenvalue weighted by molar-refractivity contribution is 5.94. The highest BCUT2D eigenvalue weighted by atomic mass is 16.5. The molecule has 0 aromatic rings. The van der Waals surface area contributed by atoms with Crippen molar-refractivity contribution in [2.24, 2.45) is 5.92 Å². The molecule has 0 aromatic carbocycles. The van der Waals surface area contributed by atoms with E-state index < -0.39 is 0 Å². The summed E-state index contributed by atoms with van der Waals surface area (Å²) in [6.07, 6.45) is 1.77. The largest absolute Gasteiger partial charge is 0.465 e. The van der Waals surface area contributed by atoms with Gasteiger partial charge in [0, 0.05) is 6.42 Å². The second kappa shape index (κ2) is 4.21. The van der Waals surface area contributed by atoms with Crippen LogP contribution in [0.15, 0.2) is 12.2 Å². The van der Waals surface area contributed by atoms with Gasteiger partial charge in [0.05, 0.1) is 12.5 Å². The van der Waals surface area contributed by atoms with Crippen LogP contribution in [0.3, 0.4) is 0 Å². The number of allylic oxidation sites excluding steroid dienone is 1. The summed E-state index contributed by atoms with van der Waals surface area (Å²) < 4.78 is 4.79. The van der Waals surface area contributed by atoms with E-state index in [2.05, 4.69) is 6.58 Å². The molecule has 3 nitrogen and oxygen atoms in total. The van der Waals surface area contributed by atoms with Crippen LogP contribution in [-0.2, 0) is 14.3 Å². The Morgan fingerprint density at radius 3 is 2.85 bits per heavy atom. The van der Waals surface area contributed by atoms with Gasteiger partial charge in [-0.05, 0) is 25.3 Å². The fraction of sp³-hybridized carbons (Fsp3) is 0.600. The number of ether oxygens (including phenoxy) is 1. The minimum Gasteiger partial charge on any atom is -0.465 e. The number of rotatable bonds is 4. The van der Waals surface area contributed by atoms with Crippen molar-refractivity contribution in [3.63, 3.8) is 0 Å². The fourth-order valence-electron chi connectivity index (χ4n) is 1.32. The maximum atomic E-state index is 11.2. The number of carbonyl (C=O) groups excluding carboxylic acids is 2. The minimum atomic E-state index is -0.158. The lowest BCUT2D eigenvalue weighted by molar-refractivity contribution is -0.141. The molecule has 1 rings (SSSR count). The van der Waals surface area contributed by atoms with Gasteiger partial charge >= 0.3 is 5.97 Å². The van der Waals surface area contributed by atoms with Crippen molar-refractivity contribution in [2.45, 2.75) is 26.2 Å². The Labute approximate surface area is 77.8 Å². The summed E-state index contributed by atoms with van der Waals surface area (Å²) in [6.45, 7) is 5.75. The molecule has 3 heteroatoms. The molecule has 1 fully saturated rings. The standard InChI is InChI=1S/C10H14O3/c1-7(2)9(11)4-3-8-5-6-13-10(8)12/h8H,1,3-6H2,2H3. The summed E-state index contributed by atoms with van der Waals surface area (Å²) in [5, 5.41) is 0. The molecule has 13 heavy (non-hydrogen) atoms. The first-order valence-corrected chi connectivity index (χ1v) is 4.46. The zero-order valence-corrected chi connectivity index (χ0v) is 7.84. The molecule has 0 amide bonds. The predicted octanol–water partition coefficient (Wildman–Crippen LogP) is 1.47. The first kappa shape index (κ1) is 9.96. The topological polar surface area (TPSA) is 43.4 Å². The monoisotopic (exact) mass is 182 g/mol. The van der Waals surface area contributed by atoms with Crippen LogP contribution >= 0.6 is 0 Å². The van der Waals surface area contributed by atoms with Gasteiger partial charge in [-0.3, -0.25) is 9.59 Å². The number of carbonyl (C=O) groups is 2. The van der Waals surface area contributed by atoms with Crippen LogP contribution in [0.4, 0.5) is 0 Å². The molecule has 0 aromatic heterocycles. The summed E-state index contributed by atoms with van der Waals surface area (Å²) in [7, 11) is 0. The third kappa shape index (κ3) is 2.68. The number of hydrogen-bond acceptors (Lipinski definition) is 3. The van der Waals surface area contributed by atoms with Crippen molar-refractivity contribution in [1.82, 2.24) is 0 Å². The summed E-state index contributed by atoms with van der Waals surface area (Å²) in [5.74, 6) is -0.183. The van der Waals surface area contributed by atoms with E-state index in [1.165, 1.54) is 0 Å². The molecule has 0 radical (unpaired) electrons. The molecular formula is C10H14O3. The third-order valence-corrected chi connectivity index (χ3v) is 2.24. The van der Waals surface area contributed by atoms with Crippen molar-refractivity contribution < 1.29 is 14.3 Å². The molecule has 0 bridgehead atoms. The Balaban J connectivity index is 2.30. The Hall–Kier alpha value is -1.12. The SMILES string of the molecule is C=C(C)C(=O)CCC1CCOC1=O. The van der Waals surface area contributed by atoms with Gasteiger partial charge in [0.2, 0.25) is 0 Å². The van der Waals surface area contributed by atoms with Gasteiger partial charge < -0.3 is 4.74 Å². The van der Waals surface area contributed by atoms with Gasteiger partial charge in [-0.25, -0.2) is 0 Å². The molecule has 1 saturated heterocycles.